The molecule has 0 bridgehead atoms. The summed E-state index contributed by atoms with van der Waals surface area (Å²) in [4.78, 5) is 2.14. The first-order chi connectivity index (χ1) is 12.9. The SMILES string of the molecule is CCc1ccc(-c2ccc(N(C)Cc3ccccc3)nn2)cc1S(N)(=O)=O. The second kappa shape index (κ2) is 7.85. The van der Waals surface area contributed by atoms with Crippen molar-refractivity contribution in [3.05, 3.63) is 71.8 Å². The minimum Gasteiger partial charge on any atom is -0.354 e. The predicted octanol–water partition coefficient (Wildman–Crippen LogP) is 2.99. The summed E-state index contributed by atoms with van der Waals surface area (Å²) in [6.07, 6.45) is 0.584. The molecule has 2 N–H and O–H groups in total. The van der Waals surface area contributed by atoms with E-state index in [1.54, 1.807) is 12.1 Å². The largest absolute Gasteiger partial charge is 0.354 e. The van der Waals surface area contributed by atoms with E-state index in [-0.39, 0.29) is 4.90 Å². The van der Waals surface area contributed by atoms with E-state index >= 15 is 0 Å². The van der Waals surface area contributed by atoms with Gasteiger partial charge in [0.25, 0.3) is 0 Å². The Kier molecular flexibility index (Phi) is 5.53. The number of nitrogens with zero attached hydrogens (tertiary/aromatic N) is 3. The second-order valence-corrected chi connectivity index (χ2v) is 7.87. The fourth-order valence-corrected chi connectivity index (χ4v) is 3.76. The molecule has 1 aromatic heterocycles. The van der Waals surface area contributed by atoms with Crippen LogP contribution in [0, 0.1) is 0 Å². The Morgan fingerprint density at radius 2 is 1.74 bits per heavy atom. The number of hydrogen-bond donors (Lipinski definition) is 1. The van der Waals surface area contributed by atoms with Crippen molar-refractivity contribution in [3.8, 4) is 11.3 Å². The first kappa shape index (κ1) is 19.0. The summed E-state index contributed by atoms with van der Waals surface area (Å²) in [6.45, 7) is 2.61. The zero-order valence-electron chi connectivity index (χ0n) is 15.3. The molecule has 140 valence electrons. The summed E-state index contributed by atoms with van der Waals surface area (Å²) < 4.78 is 23.7. The third kappa shape index (κ3) is 4.50. The highest BCUT2D eigenvalue weighted by molar-refractivity contribution is 7.89. The Hall–Kier alpha value is -2.77. The predicted molar refractivity (Wildman–Crippen MR) is 107 cm³/mol. The topological polar surface area (TPSA) is 89.2 Å². The summed E-state index contributed by atoms with van der Waals surface area (Å²) in [6, 6.07) is 19.0. The molecule has 7 heteroatoms. The quantitative estimate of drug-likeness (QED) is 0.708. The highest BCUT2D eigenvalue weighted by Gasteiger charge is 2.15. The number of aryl methyl sites for hydroxylation is 1. The number of primary sulfonamides is 1. The fraction of sp³-hybridized carbons (Fsp3) is 0.200. The van der Waals surface area contributed by atoms with Gasteiger partial charge in [-0.15, -0.1) is 10.2 Å². The molecular weight excluding hydrogens is 360 g/mol. The van der Waals surface area contributed by atoms with Gasteiger partial charge in [0.2, 0.25) is 10.0 Å². The average molecular weight is 382 g/mol. The number of anilines is 1. The molecule has 0 saturated carbocycles. The Labute approximate surface area is 159 Å². The van der Waals surface area contributed by atoms with Crippen molar-refractivity contribution >= 4 is 15.8 Å². The van der Waals surface area contributed by atoms with Gasteiger partial charge < -0.3 is 4.90 Å². The maximum Gasteiger partial charge on any atom is 0.238 e. The number of nitrogens with two attached hydrogens (primary N) is 1. The lowest BCUT2D eigenvalue weighted by Gasteiger charge is -2.17. The van der Waals surface area contributed by atoms with Crippen LogP contribution in [0.1, 0.15) is 18.1 Å². The molecule has 0 spiro atoms. The monoisotopic (exact) mass is 382 g/mol. The van der Waals surface area contributed by atoms with Crippen molar-refractivity contribution in [1.82, 2.24) is 10.2 Å². The van der Waals surface area contributed by atoms with E-state index in [4.69, 9.17) is 5.14 Å². The van der Waals surface area contributed by atoms with Crippen LogP contribution in [0.15, 0.2) is 65.6 Å². The van der Waals surface area contributed by atoms with Crippen LogP contribution in [0.3, 0.4) is 0 Å². The highest BCUT2D eigenvalue weighted by atomic mass is 32.2. The molecule has 0 amide bonds. The van der Waals surface area contributed by atoms with Crippen molar-refractivity contribution in [1.29, 1.82) is 0 Å². The minimum absolute atomic E-state index is 0.134. The third-order valence-electron chi connectivity index (χ3n) is 4.35. The Bertz CT molecular complexity index is 1020. The van der Waals surface area contributed by atoms with Gasteiger partial charge in [-0.25, -0.2) is 13.6 Å². The molecule has 0 aliphatic heterocycles. The van der Waals surface area contributed by atoms with Gasteiger partial charge in [-0.2, -0.15) is 0 Å². The van der Waals surface area contributed by atoms with Gasteiger partial charge in [0.1, 0.15) is 0 Å². The molecule has 0 aliphatic rings. The van der Waals surface area contributed by atoms with E-state index in [1.807, 2.05) is 55.3 Å². The van der Waals surface area contributed by atoms with Crippen molar-refractivity contribution in [2.24, 2.45) is 5.14 Å². The maximum atomic E-state index is 11.8. The molecule has 2 aromatic carbocycles. The van der Waals surface area contributed by atoms with Gasteiger partial charge in [-0.1, -0.05) is 49.4 Å². The Balaban J connectivity index is 1.85. The van der Waals surface area contributed by atoms with E-state index < -0.39 is 10.0 Å². The van der Waals surface area contributed by atoms with Crippen LogP contribution in [-0.4, -0.2) is 25.7 Å². The minimum atomic E-state index is -3.79. The summed E-state index contributed by atoms with van der Waals surface area (Å²) in [5.41, 5.74) is 3.13. The lowest BCUT2D eigenvalue weighted by molar-refractivity contribution is 0.596. The van der Waals surface area contributed by atoms with Crippen LogP contribution in [0.25, 0.3) is 11.3 Å². The number of aromatic nitrogens is 2. The third-order valence-corrected chi connectivity index (χ3v) is 5.35. The summed E-state index contributed by atoms with van der Waals surface area (Å²) in [5, 5.41) is 13.9. The van der Waals surface area contributed by atoms with Crippen molar-refractivity contribution in [3.63, 3.8) is 0 Å². The standard InChI is InChI=1S/C20H22N4O2S/c1-3-16-9-10-17(13-19(16)27(21,25)26)18-11-12-20(23-22-18)24(2)14-15-7-5-4-6-8-15/h4-13H,3,14H2,1-2H3,(H2,21,25,26). The normalized spacial score (nSPS) is 11.4. The first-order valence-corrected chi connectivity index (χ1v) is 10.2. The van der Waals surface area contributed by atoms with E-state index in [9.17, 15) is 8.42 Å². The van der Waals surface area contributed by atoms with E-state index in [2.05, 4.69) is 22.3 Å². The van der Waals surface area contributed by atoms with E-state index in [1.165, 1.54) is 5.56 Å². The molecule has 0 atom stereocenters. The number of hydrogen-bond acceptors (Lipinski definition) is 5. The molecule has 0 radical (unpaired) electrons. The summed E-state index contributed by atoms with van der Waals surface area (Å²) >= 11 is 0. The van der Waals surface area contributed by atoms with Gasteiger partial charge in [-0.3, -0.25) is 0 Å². The average Bonchev–Trinajstić information content (AvgIpc) is 2.67. The fourth-order valence-electron chi connectivity index (χ4n) is 2.89. The van der Waals surface area contributed by atoms with Crippen molar-refractivity contribution in [2.45, 2.75) is 24.8 Å². The summed E-state index contributed by atoms with van der Waals surface area (Å²) in [7, 11) is -1.84. The highest BCUT2D eigenvalue weighted by Crippen LogP contribution is 2.24. The smallest absolute Gasteiger partial charge is 0.238 e. The molecule has 3 rings (SSSR count). The van der Waals surface area contributed by atoms with Gasteiger partial charge in [0, 0.05) is 19.2 Å². The zero-order valence-corrected chi connectivity index (χ0v) is 16.1. The number of rotatable bonds is 6. The molecular formula is C20H22N4O2S. The van der Waals surface area contributed by atoms with Crippen LogP contribution in [-0.2, 0) is 23.0 Å². The van der Waals surface area contributed by atoms with Crippen molar-refractivity contribution in [2.75, 3.05) is 11.9 Å². The molecule has 0 unspecified atom stereocenters. The molecule has 27 heavy (non-hydrogen) atoms. The number of benzene rings is 2. The van der Waals surface area contributed by atoms with Gasteiger partial charge in [0.15, 0.2) is 5.82 Å². The van der Waals surface area contributed by atoms with Gasteiger partial charge >= 0.3 is 0 Å². The van der Waals surface area contributed by atoms with E-state index in [0.29, 0.717) is 23.2 Å². The van der Waals surface area contributed by atoms with Crippen LogP contribution in [0.4, 0.5) is 5.82 Å². The van der Waals surface area contributed by atoms with Crippen LogP contribution in [0.5, 0.6) is 0 Å². The van der Waals surface area contributed by atoms with Gasteiger partial charge in [-0.05, 0) is 35.7 Å². The van der Waals surface area contributed by atoms with Gasteiger partial charge in [0.05, 0.1) is 10.6 Å². The lowest BCUT2D eigenvalue weighted by Crippen LogP contribution is -2.18. The van der Waals surface area contributed by atoms with Crippen LogP contribution >= 0.6 is 0 Å². The summed E-state index contributed by atoms with van der Waals surface area (Å²) in [5.74, 6) is 0.736. The Morgan fingerprint density at radius 3 is 2.33 bits per heavy atom. The molecule has 6 nitrogen and oxygen atoms in total. The maximum absolute atomic E-state index is 11.8. The molecule has 0 aliphatic carbocycles. The lowest BCUT2D eigenvalue weighted by atomic mass is 10.1. The molecule has 0 fully saturated rings. The zero-order chi connectivity index (χ0) is 19.4. The molecule has 1 heterocycles. The second-order valence-electron chi connectivity index (χ2n) is 6.34. The van der Waals surface area contributed by atoms with E-state index in [0.717, 1.165) is 12.4 Å². The Morgan fingerprint density at radius 1 is 1.00 bits per heavy atom. The first-order valence-electron chi connectivity index (χ1n) is 8.63. The van der Waals surface area contributed by atoms with Crippen LogP contribution < -0.4 is 10.0 Å². The molecule has 0 saturated heterocycles. The molecule has 3 aromatic rings. The number of sulfonamides is 1. The van der Waals surface area contributed by atoms with Crippen molar-refractivity contribution < 1.29 is 8.42 Å². The van der Waals surface area contributed by atoms with Crippen LogP contribution in [0.2, 0.25) is 0 Å².